The van der Waals surface area contributed by atoms with Crippen LogP contribution in [-0.4, -0.2) is 36.1 Å². The van der Waals surface area contributed by atoms with Crippen LogP contribution in [0.2, 0.25) is 0 Å². The standard InChI is InChI=1S/C28H33N3O3S/c1-18(2)21-12-14-23(15-13-21)31(28(33)26-19(3)30-20(4)35-26)25(22-9-6-5-7-10-22)27(32)29-17-24-11-8-16-34-24/h5-7,9-10,12-15,18,24-25H,8,11,16-17H2,1-4H3,(H,29,32). The zero-order valence-corrected chi connectivity index (χ0v) is 21.6. The van der Waals surface area contributed by atoms with Gasteiger partial charge in [-0.2, -0.15) is 0 Å². The molecule has 0 bridgehead atoms. The Morgan fingerprint density at radius 3 is 2.37 bits per heavy atom. The highest BCUT2D eigenvalue weighted by Gasteiger charge is 2.35. The molecule has 2 aromatic carbocycles. The number of ether oxygens (including phenoxy) is 1. The van der Waals surface area contributed by atoms with Crippen LogP contribution >= 0.6 is 11.3 Å². The van der Waals surface area contributed by atoms with E-state index in [1.165, 1.54) is 16.9 Å². The van der Waals surface area contributed by atoms with E-state index in [1.54, 1.807) is 4.90 Å². The van der Waals surface area contributed by atoms with E-state index in [1.807, 2.05) is 68.4 Å². The molecular formula is C28H33N3O3S. The number of rotatable bonds is 8. The summed E-state index contributed by atoms with van der Waals surface area (Å²) in [6, 6.07) is 16.6. The Bertz CT molecular complexity index is 1150. The van der Waals surface area contributed by atoms with Gasteiger partial charge in [0, 0.05) is 18.8 Å². The van der Waals surface area contributed by atoms with Crippen molar-refractivity contribution < 1.29 is 14.3 Å². The Labute approximate surface area is 211 Å². The fraction of sp³-hybridized carbons (Fsp3) is 0.393. The number of carbonyl (C=O) groups is 2. The van der Waals surface area contributed by atoms with Crippen molar-refractivity contribution in [2.75, 3.05) is 18.1 Å². The van der Waals surface area contributed by atoms with Gasteiger partial charge in [0.2, 0.25) is 5.91 Å². The third kappa shape index (κ3) is 5.80. The third-order valence-electron chi connectivity index (χ3n) is 6.30. The Morgan fingerprint density at radius 2 is 1.80 bits per heavy atom. The Morgan fingerprint density at radius 1 is 1.09 bits per heavy atom. The first-order chi connectivity index (χ1) is 16.8. The molecule has 1 aliphatic rings. The molecular weight excluding hydrogens is 458 g/mol. The van der Waals surface area contributed by atoms with Crippen LogP contribution in [0.15, 0.2) is 54.6 Å². The normalized spacial score (nSPS) is 16.3. The summed E-state index contributed by atoms with van der Waals surface area (Å²) in [5.41, 5.74) is 3.27. The SMILES string of the molecule is Cc1nc(C)c(C(=O)N(c2ccc(C(C)C)cc2)C(C(=O)NCC2CCCO2)c2ccccc2)s1. The van der Waals surface area contributed by atoms with Gasteiger partial charge in [0.25, 0.3) is 5.91 Å². The molecule has 1 N–H and O–H groups in total. The molecule has 7 heteroatoms. The minimum absolute atomic E-state index is 0.0104. The van der Waals surface area contributed by atoms with Crippen molar-refractivity contribution >= 4 is 28.8 Å². The van der Waals surface area contributed by atoms with E-state index < -0.39 is 6.04 Å². The van der Waals surface area contributed by atoms with Gasteiger partial charge in [-0.3, -0.25) is 14.5 Å². The molecule has 6 nitrogen and oxygen atoms in total. The predicted octanol–water partition coefficient (Wildman–Crippen LogP) is 5.57. The largest absolute Gasteiger partial charge is 0.376 e. The molecule has 1 saturated heterocycles. The van der Waals surface area contributed by atoms with Crippen LogP contribution in [0.5, 0.6) is 0 Å². The molecule has 2 unspecified atom stereocenters. The number of aromatic nitrogens is 1. The molecule has 3 aromatic rings. The lowest BCUT2D eigenvalue weighted by Gasteiger charge is -2.32. The molecule has 4 rings (SSSR count). The summed E-state index contributed by atoms with van der Waals surface area (Å²) >= 11 is 1.36. The molecule has 2 amide bonds. The molecule has 35 heavy (non-hydrogen) atoms. The summed E-state index contributed by atoms with van der Waals surface area (Å²) in [6.07, 6.45) is 1.94. The smallest absolute Gasteiger partial charge is 0.271 e. The summed E-state index contributed by atoms with van der Waals surface area (Å²) < 4.78 is 5.70. The average molecular weight is 492 g/mol. The number of hydrogen-bond acceptors (Lipinski definition) is 5. The monoisotopic (exact) mass is 491 g/mol. The third-order valence-corrected chi connectivity index (χ3v) is 7.37. The van der Waals surface area contributed by atoms with Gasteiger partial charge in [-0.1, -0.05) is 56.3 Å². The maximum absolute atomic E-state index is 14.1. The van der Waals surface area contributed by atoms with Gasteiger partial charge in [0.1, 0.15) is 10.9 Å². The van der Waals surface area contributed by atoms with Crippen LogP contribution in [-0.2, 0) is 9.53 Å². The highest BCUT2D eigenvalue weighted by atomic mass is 32.1. The summed E-state index contributed by atoms with van der Waals surface area (Å²) in [6.45, 7) is 9.14. The van der Waals surface area contributed by atoms with Crippen LogP contribution in [0.3, 0.4) is 0 Å². The lowest BCUT2D eigenvalue weighted by molar-refractivity contribution is -0.123. The van der Waals surface area contributed by atoms with Crippen molar-refractivity contribution in [3.8, 4) is 0 Å². The number of nitrogens with zero attached hydrogens (tertiary/aromatic N) is 2. The second kappa shape index (κ2) is 11.1. The molecule has 184 valence electrons. The lowest BCUT2D eigenvalue weighted by Crippen LogP contribution is -2.45. The van der Waals surface area contributed by atoms with Gasteiger partial charge >= 0.3 is 0 Å². The van der Waals surface area contributed by atoms with Gasteiger partial charge in [-0.15, -0.1) is 11.3 Å². The van der Waals surface area contributed by atoms with Gasteiger partial charge in [-0.05, 0) is 55.9 Å². The number of thiazole rings is 1. The first-order valence-electron chi connectivity index (χ1n) is 12.2. The number of hydrogen-bond donors (Lipinski definition) is 1. The molecule has 2 heterocycles. The molecule has 0 saturated carbocycles. The van der Waals surface area contributed by atoms with E-state index in [4.69, 9.17) is 4.74 Å². The van der Waals surface area contributed by atoms with E-state index in [0.29, 0.717) is 28.7 Å². The fourth-order valence-corrected chi connectivity index (χ4v) is 5.27. The summed E-state index contributed by atoms with van der Waals surface area (Å²) in [7, 11) is 0. The van der Waals surface area contributed by atoms with E-state index in [2.05, 4.69) is 24.1 Å². The maximum Gasteiger partial charge on any atom is 0.271 e. The van der Waals surface area contributed by atoms with Crippen molar-refractivity contribution in [1.82, 2.24) is 10.3 Å². The minimum atomic E-state index is -0.836. The first kappa shape index (κ1) is 25.1. The van der Waals surface area contributed by atoms with Gasteiger partial charge in [0.05, 0.1) is 16.8 Å². The minimum Gasteiger partial charge on any atom is -0.376 e. The Hall–Kier alpha value is -3.03. The van der Waals surface area contributed by atoms with Crippen LogP contribution in [0.1, 0.15) is 70.1 Å². The number of amides is 2. The van der Waals surface area contributed by atoms with E-state index in [0.717, 1.165) is 30.0 Å². The van der Waals surface area contributed by atoms with Crippen molar-refractivity contribution in [2.45, 2.75) is 58.6 Å². The second-order valence-corrected chi connectivity index (χ2v) is 10.5. The van der Waals surface area contributed by atoms with Crippen molar-refractivity contribution in [3.63, 3.8) is 0 Å². The summed E-state index contributed by atoms with van der Waals surface area (Å²) in [4.78, 5) is 34.4. The number of nitrogens with one attached hydrogen (secondary N) is 1. The second-order valence-electron chi connectivity index (χ2n) is 9.26. The van der Waals surface area contributed by atoms with Gasteiger partial charge < -0.3 is 10.1 Å². The first-order valence-corrected chi connectivity index (χ1v) is 13.0. The van der Waals surface area contributed by atoms with Gasteiger partial charge in [-0.25, -0.2) is 4.98 Å². The number of aryl methyl sites for hydroxylation is 2. The lowest BCUT2D eigenvalue weighted by atomic mass is 10.00. The molecule has 0 aliphatic carbocycles. The molecule has 1 aliphatic heterocycles. The maximum atomic E-state index is 14.1. The number of anilines is 1. The fourth-order valence-electron chi connectivity index (χ4n) is 4.41. The molecule has 2 atom stereocenters. The summed E-state index contributed by atoms with van der Waals surface area (Å²) in [5.74, 6) is -0.0994. The van der Waals surface area contributed by atoms with E-state index in [9.17, 15) is 9.59 Å². The highest BCUT2D eigenvalue weighted by Crippen LogP contribution is 2.33. The zero-order valence-electron chi connectivity index (χ0n) is 20.8. The Balaban J connectivity index is 1.77. The quantitative estimate of drug-likeness (QED) is 0.447. The van der Waals surface area contributed by atoms with Gasteiger partial charge in [0.15, 0.2) is 0 Å². The average Bonchev–Trinajstić information content (AvgIpc) is 3.50. The topological polar surface area (TPSA) is 71.5 Å². The molecule has 1 aromatic heterocycles. The van der Waals surface area contributed by atoms with E-state index >= 15 is 0 Å². The van der Waals surface area contributed by atoms with E-state index in [-0.39, 0.29) is 17.9 Å². The molecule has 0 radical (unpaired) electrons. The van der Waals surface area contributed by atoms with Crippen LogP contribution in [0, 0.1) is 13.8 Å². The van der Waals surface area contributed by atoms with Crippen molar-refractivity contribution in [2.24, 2.45) is 0 Å². The Kier molecular flexibility index (Phi) is 7.98. The van der Waals surface area contributed by atoms with Crippen LogP contribution in [0.4, 0.5) is 5.69 Å². The number of carbonyl (C=O) groups excluding carboxylic acids is 2. The predicted molar refractivity (Wildman–Crippen MR) is 140 cm³/mol. The van der Waals surface area contributed by atoms with Crippen LogP contribution in [0.25, 0.3) is 0 Å². The van der Waals surface area contributed by atoms with Crippen LogP contribution < -0.4 is 10.2 Å². The van der Waals surface area contributed by atoms with Crippen molar-refractivity contribution in [1.29, 1.82) is 0 Å². The molecule has 1 fully saturated rings. The summed E-state index contributed by atoms with van der Waals surface area (Å²) in [5, 5.41) is 3.88. The number of benzene rings is 2. The zero-order chi connectivity index (χ0) is 24.9. The molecule has 0 spiro atoms. The van der Waals surface area contributed by atoms with Crippen molar-refractivity contribution in [3.05, 3.63) is 81.3 Å². The highest BCUT2D eigenvalue weighted by molar-refractivity contribution is 7.13.